The molecule has 5 rings (SSSR count). The lowest BCUT2D eigenvalue weighted by Gasteiger charge is -2.30. The number of hydrogen-bond donors (Lipinski definition) is 2. The number of allylic oxidation sites excluding steroid dienone is 4. The predicted molar refractivity (Wildman–Crippen MR) is 109 cm³/mol. The van der Waals surface area contributed by atoms with E-state index in [2.05, 4.69) is 64.9 Å². The Kier molecular flexibility index (Phi) is 2.83. The summed E-state index contributed by atoms with van der Waals surface area (Å²) in [7, 11) is 4.05. The standard InChI is InChI=1S/C22H17N2Si/c23-18-9-7-14-17(22(25)10-2-1-3-11-22)12-16-19(24)8-5-13-4-6-15(18)21(14)20(13)16/h1-10,12H,11,23-24H2. The first kappa shape index (κ1) is 14.6. The van der Waals surface area contributed by atoms with Crippen molar-refractivity contribution in [1.29, 1.82) is 0 Å². The molecule has 1 aliphatic rings. The van der Waals surface area contributed by atoms with Gasteiger partial charge >= 0.3 is 0 Å². The van der Waals surface area contributed by atoms with Crippen molar-refractivity contribution in [2.45, 2.75) is 11.5 Å². The zero-order chi connectivity index (χ0) is 17.2. The van der Waals surface area contributed by atoms with Crippen molar-refractivity contribution in [2.75, 3.05) is 11.5 Å². The fourth-order valence-electron chi connectivity index (χ4n) is 4.12. The average molecular weight is 337 g/mol. The normalized spacial score (nSPS) is 20.2. The van der Waals surface area contributed by atoms with Gasteiger partial charge in [0.25, 0.3) is 0 Å². The van der Waals surface area contributed by atoms with Gasteiger partial charge in [-0.3, -0.25) is 0 Å². The molecule has 4 aromatic rings. The fraction of sp³-hybridized carbons (Fsp3) is 0.0909. The molecular weight excluding hydrogens is 320 g/mol. The summed E-state index contributed by atoms with van der Waals surface area (Å²) in [6.45, 7) is 0. The second kappa shape index (κ2) is 4.87. The zero-order valence-corrected chi connectivity index (χ0v) is 14.7. The molecule has 0 saturated heterocycles. The topological polar surface area (TPSA) is 52.0 Å². The highest BCUT2D eigenvalue weighted by Crippen LogP contribution is 2.44. The molecule has 3 heteroatoms. The van der Waals surface area contributed by atoms with Gasteiger partial charge in [-0.2, -0.15) is 0 Å². The summed E-state index contributed by atoms with van der Waals surface area (Å²) in [6.07, 6.45) is 9.48. The van der Waals surface area contributed by atoms with Crippen molar-refractivity contribution < 1.29 is 0 Å². The summed E-state index contributed by atoms with van der Waals surface area (Å²) in [4.78, 5) is 0. The van der Waals surface area contributed by atoms with Crippen LogP contribution in [0.2, 0.25) is 0 Å². The van der Waals surface area contributed by atoms with Crippen LogP contribution < -0.4 is 11.5 Å². The molecular formula is C22H17N2Si. The Labute approximate surface area is 149 Å². The first-order chi connectivity index (χ1) is 12.1. The minimum Gasteiger partial charge on any atom is -0.398 e. The van der Waals surface area contributed by atoms with E-state index in [0.29, 0.717) is 0 Å². The summed E-state index contributed by atoms with van der Waals surface area (Å²) in [5, 5.41) is 6.78. The van der Waals surface area contributed by atoms with Gasteiger partial charge < -0.3 is 11.5 Å². The molecule has 0 spiro atoms. The van der Waals surface area contributed by atoms with Gasteiger partial charge in [-0.25, -0.2) is 0 Å². The average Bonchev–Trinajstić information content (AvgIpc) is 2.63. The van der Waals surface area contributed by atoms with E-state index < -0.39 is 0 Å². The molecule has 25 heavy (non-hydrogen) atoms. The highest BCUT2D eigenvalue weighted by atomic mass is 28.1. The van der Waals surface area contributed by atoms with Gasteiger partial charge in [0.1, 0.15) is 0 Å². The van der Waals surface area contributed by atoms with Crippen molar-refractivity contribution >= 4 is 53.9 Å². The number of benzene rings is 4. The molecule has 1 atom stereocenters. The predicted octanol–water partition coefficient (Wildman–Crippen LogP) is 4.63. The number of anilines is 2. The smallest absolute Gasteiger partial charge is 0.0440 e. The molecule has 1 unspecified atom stereocenters. The van der Waals surface area contributed by atoms with Crippen LogP contribution >= 0.6 is 0 Å². The molecule has 4 aromatic carbocycles. The van der Waals surface area contributed by atoms with Crippen molar-refractivity contribution in [2.24, 2.45) is 0 Å². The molecule has 0 fully saturated rings. The quantitative estimate of drug-likeness (QED) is 0.302. The lowest BCUT2D eigenvalue weighted by atomic mass is 9.83. The van der Waals surface area contributed by atoms with Gasteiger partial charge in [-0.05, 0) is 51.7 Å². The van der Waals surface area contributed by atoms with E-state index in [-0.39, 0.29) is 5.04 Å². The van der Waals surface area contributed by atoms with E-state index in [4.69, 9.17) is 11.5 Å². The van der Waals surface area contributed by atoms with Crippen LogP contribution in [0.15, 0.2) is 66.8 Å². The second-order valence-electron chi connectivity index (χ2n) is 6.88. The summed E-state index contributed by atoms with van der Waals surface area (Å²) >= 11 is 0. The molecule has 4 N–H and O–H groups in total. The maximum Gasteiger partial charge on any atom is 0.0440 e. The third-order valence-electron chi connectivity index (χ3n) is 5.40. The van der Waals surface area contributed by atoms with E-state index in [1.54, 1.807) is 0 Å². The van der Waals surface area contributed by atoms with Crippen molar-refractivity contribution in [1.82, 2.24) is 0 Å². The third-order valence-corrected chi connectivity index (χ3v) is 6.04. The summed E-state index contributed by atoms with van der Waals surface area (Å²) in [5.41, 5.74) is 15.5. The molecule has 0 aromatic heterocycles. The van der Waals surface area contributed by atoms with Crippen LogP contribution in [0.4, 0.5) is 11.4 Å². The van der Waals surface area contributed by atoms with Crippen molar-refractivity contribution in [3.8, 4) is 0 Å². The Morgan fingerprint density at radius 1 is 0.800 bits per heavy atom. The molecule has 2 nitrogen and oxygen atoms in total. The van der Waals surface area contributed by atoms with Crippen LogP contribution in [0.3, 0.4) is 0 Å². The maximum absolute atomic E-state index is 6.37. The lowest BCUT2D eigenvalue weighted by molar-refractivity contribution is 0.770. The molecule has 0 saturated carbocycles. The zero-order valence-electron chi connectivity index (χ0n) is 13.7. The molecule has 0 amide bonds. The Hall–Kier alpha value is -2.78. The van der Waals surface area contributed by atoms with Gasteiger partial charge in [0.2, 0.25) is 0 Å². The van der Waals surface area contributed by atoms with Crippen LogP contribution in [0.1, 0.15) is 12.0 Å². The molecule has 119 valence electrons. The number of hydrogen-bond acceptors (Lipinski definition) is 2. The van der Waals surface area contributed by atoms with Crippen LogP contribution in [-0.2, 0) is 5.04 Å². The Balaban J connectivity index is 2.04. The molecule has 1 aliphatic carbocycles. The summed E-state index contributed by atoms with van der Waals surface area (Å²) in [5.74, 6) is 0. The Morgan fingerprint density at radius 2 is 1.52 bits per heavy atom. The Bertz CT molecular complexity index is 1210. The largest absolute Gasteiger partial charge is 0.398 e. The van der Waals surface area contributed by atoms with Gasteiger partial charge in [0.15, 0.2) is 0 Å². The van der Waals surface area contributed by atoms with Crippen LogP contribution in [0.5, 0.6) is 0 Å². The molecule has 0 heterocycles. The molecule has 3 radical (unpaired) electrons. The highest BCUT2D eigenvalue weighted by molar-refractivity contribution is 6.29. The second-order valence-corrected chi connectivity index (χ2v) is 7.77. The van der Waals surface area contributed by atoms with Crippen LogP contribution in [0, 0.1) is 0 Å². The fourth-order valence-corrected chi connectivity index (χ4v) is 4.54. The van der Waals surface area contributed by atoms with Gasteiger partial charge in [-0.15, -0.1) is 0 Å². The lowest BCUT2D eigenvalue weighted by Crippen LogP contribution is -2.24. The summed E-state index contributed by atoms with van der Waals surface area (Å²) < 4.78 is 0. The third kappa shape index (κ3) is 1.90. The molecule has 0 bridgehead atoms. The Morgan fingerprint density at radius 3 is 2.32 bits per heavy atom. The highest BCUT2D eigenvalue weighted by Gasteiger charge is 2.27. The SMILES string of the molecule is Nc1ccc2ccc3c(N)ccc4c(C5([Si])C=CC=CC5)cc1c2c34. The number of nitrogen functional groups attached to an aromatic ring is 2. The van der Waals surface area contributed by atoms with Gasteiger partial charge in [0.05, 0.1) is 0 Å². The number of nitrogens with two attached hydrogens (primary N) is 2. The van der Waals surface area contributed by atoms with E-state index in [0.717, 1.165) is 28.6 Å². The minimum absolute atomic E-state index is 0.236. The maximum atomic E-state index is 6.37. The van der Waals surface area contributed by atoms with Crippen molar-refractivity contribution in [3.63, 3.8) is 0 Å². The van der Waals surface area contributed by atoms with Crippen molar-refractivity contribution in [3.05, 3.63) is 72.3 Å². The van der Waals surface area contributed by atoms with E-state index >= 15 is 0 Å². The van der Waals surface area contributed by atoms with Gasteiger partial charge in [0, 0.05) is 37.4 Å². The van der Waals surface area contributed by atoms with Gasteiger partial charge in [-0.1, -0.05) is 48.6 Å². The molecule has 0 aliphatic heterocycles. The van der Waals surface area contributed by atoms with E-state index in [1.165, 1.54) is 27.1 Å². The monoisotopic (exact) mass is 337 g/mol. The van der Waals surface area contributed by atoms with Crippen LogP contribution in [0.25, 0.3) is 32.3 Å². The minimum atomic E-state index is -0.236. The van der Waals surface area contributed by atoms with E-state index in [9.17, 15) is 0 Å². The number of rotatable bonds is 1. The summed E-state index contributed by atoms with van der Waals surface area (Å²) in [6, 6.07) is 14.7. The first-order valence-electron chi connectivity index (χ1n) is 8.44. The van der Waals surface area contributed by atoms with Crippen LogP contribution in [-0.4, -0.2) is 10.2 Å². The first-order valence-corrected chi connectivity index (χ1v) is 8.94. The van der Waals surface area contributed by atoms with E-state index in [1.807, 2.05) is 12.1 Å².